The van der Waals surface area contributed by atoms with Gasteiger partial charge in [-0.15, -0.1) is 11.3 Å². The summed E-state index contributed by atoms with van der Waals surface area (Å²) in [6.45, 7) is 7.28. The van der Waals surface area contributed by atoms with E-state index in [4.69, 9.17) is 23.7 Å². The molecule has 0 aliphatic carbocycles. The van der Waals surface area contributed by atoms with Gasteiger partial charge in [0.2, 0.25) is 70.9 Å². The Hall–Kier alpha value is -12.1. The molecule has 5 aromatic carbocycles. The molecule has 5 N–H and O–H groups in total. The zero-order valence-electron chi connectivity index (χ0n) is 75.3. The molecule has 5 saturated heterocycles. The third-order valence-electron chi connectivity index (χ3n) is 26.0. The van der Waals surface area contributed by atoms with E-state index in [-0.39, 0.29) is 111 Å². The maximum absolute atomic E-state index is 16.9. The number of nitrogens with one attached hydrogen (secondary N) is 5. The van der Waals surface area contributed by atoms with Gasteiger partial charge in [0, 0.05) is 165 Å². The monoisotopic (exact) mass is 1800 g/mol. The first kappa shape index (κ1) is 97.0. The minimum absolute atomic E-state index is 0. The van der Waals surface area contributed by atoms with Crippen molar-refractivity contribution in [1.82, 2.24) is 75.0 Å². The summed E-state index contributed by atoms with van der Waals surface area (Å²) < 4.78 is 31.4. The Labute approximate surface area is 763 Å². The number of likely N-dealkylation sites (tertiary alicyclic amines) is 1. The van der Waals surface area contributed by atoms with Gasteiger partial charge in [0.05, 0.1) is 57.2 Å². The van der Waals surface area contributed by atoms with Crippen molar-refractivity contribution in [2.45, 2.75) is 197 Å². The molecule has 5 fully saturated rings. The fraction of sp³-hybridized carbons (Fsp3) is 0.495. The third kappa shape index (κ3) is 22.0. The first-order valence-corrected chi connectivity index (χ1v) is 45.8. The van der Waals surface area contributed by atoms with Crippen LogP contribution < -0.4 is 25.4 Å². The maximum Gasteiger partial charge on any atom is 0.248 e. The van der Waals surface area contributed by atoms with Gasteiger partial charge in [0.15, 0.2) is 0 Å². The van der Waals surface area contributed by atoms with Crippen LogP contribution >= 0.6 is 11.3 Å². The molecule has 0 saturated carbocycles. The van der Waals surface area contributed by atoms with Crippen LogP contribution in [0.25, 0.3) is 21.8 Å². The standard InChI is InChI=1S/C96H121N15O17S.CH4/c1-11-107-43-25-22-34-85(113)110-55-71(127-13-3)51-82(110)94(122)105(7)81(49-67-59-129-60-99-67)93(121)104(6)61(4)89(117)106(8)83(58-128-96(64-27-16-14-17-28-64,65-35-39-68(124-9)40-36-65)66-37-41-69(125-10)42-38-66)95(123)111-56-70(126-12-2)50-80(111)88(116)101-76(47-62-53-97-74-31-20-18-29-72(62)74)87(115)102-77(48-63-54-98-75-32-21-19-30-73(63)75)91(119)109-46-26-33-79(109)92(120)103(5)57-84(112)100-78(52-86(107)114)90(118)108-44-23-15-24-45-108;/h14,16-21,27-32,35-42,53-54,59-61,70-71,76-83,97-98H,11-13,15,22-26,33-34,43-52,55-58H2,1-10H3,(H,100,112)(H,101,116)(H,102,115);1H4/t61-,70+,71+,76-,77-,78-,79-,80-,81-,82-,83?;/m0./s1. The van der Waals surface area contributed by atoms with Gasteiger partial charge >= 0.3 is 0 Å². The number of methoxy groups -OCH3 is 2. The van der Waals surface area contributed by atoms with E-state index in [1.165, 1.54) is 80.8 Å². The van der Waals surface area contributed by atoms with Gasteiger partial charge in [0.1, 0.15) is 71.5 Å². The number of aromatic amines is 2. The number of thiazole rings is 1. The molecular formula is C97H125N15O17S. The van der Waals surface area contributed by atoms with Crippen LogP contribution in [0.5, 0.6) is 11.5 Å². The molecule has 8 heterocycles. The van der Waals surface area contributed by atoms with E-state index in [2.05, 4.69) is 30.9 Å². The highest BCUT2D eigenvalue weighted by molar-refractivity contribution is 7.07. The molecule has 32 nitrogen and oxygen atoms in total. The number of carbonyl (C=O) groups excluding carboxylic acids is 12. The summed E-state index contributed by atoms with van der Waals surface area (Å²) in [5, 5.41) is 12.2. The molecule has 0 spiro atoms. The van der Waals surface area contributed by atoms with Crippen LogP contribution in [0.15, 0.2) is 151 Å². The number of rotatable bonds is 20. The predicted octanol–water partition coefficient (Wildman–Crippen LogP) is 7.65. The van der Waals surface area contributed by atoms with Gasteiger partial charge < -0.3 is 93.7 Å². The normalized spacial score (nSPS) is 23.8. The molecule has 12 amide bonds. The van der Waals surface area contributed by atoms with E-state index >= 15 is 38.4 Å². The number of benzene rings is 5. The Morgan fingerprint density at radius 2 is 1.08 bits per heavy atom. The first-order chi connectivity index (χ1) is 62.3. The molecule has 5 aliphatic rings. The van der Waals surface area contributed by atoms with Crippen molar-refractivity contribution >= 4 is 104 Å². The van der Waals surface area contributed by atoms with Gasteiger partial charge in [-0.05, 0) is 137 Å². The third-order valence-corrected chi connectivity index (χ3v) is 26.7. The Morgan fingerprint density at radius 1 is 0.523 bits per heavy atom. The molecular weight excluding hydrogens is 1680 g/mol. The van der Waals surface area contributed by atoms with Crippen molar-refractivity contribution in [3.8, 4) is 11.5 Å². The van der Waals surface area contributed by atoms with Gasteiger partial charge in [-0.3, -0.25) is 57.5 Å². The Bertz CT molecular complexity index is 5210. The van der Waals surface area contributed by atoms with Crippen molar-refractivity contribution in [1.29, 1.82) is 0 Å². The Kier molecular flexibility index (Phi) is 33.2. The second kappa shape index (κ2) is 44.5. The minimum Gasteiger partial charge on any atom is -0.497 e. The largest absolute Gasteiger partial charge is 0.497 e. The average Bonchev–Trinajstić information content (AvgIpc) is 0.930. The highest BCUT2D eigenvalue weighted by Crippen LogP contribution is 2.43. The summed E-state index contributed by atoms with van der Waals surface area (Å²) in [5.74, 6) is -6.61. The number of amides is 12. The number of aromatic nitrogens is 3. The van der Waals surface area contributed by atoms with Gasteiger partial charge in [-0.1, -0.05) is 98.4 Å². The number of hydrogen-bond donors (Lipinski definition) is 5. The molecule has 0 radical (unpaired) electrons. The average molecular weight is 1810 g/mol. The summed E-state index contributed by atoms with van der Waals surface area (Å²) >= 11 is 1.28. The summed E-state index contributed by atoms with van der Waals surface area (Å²) in [7, 11) is 8.84. The first-order valence-electron chi connectivity index (χ1n) is 44.9. The molecule has 13 rings (SSSR count). The molecule has 3 aromatic heterocycles. The SMILES string of the molecule is C.CCO[C@@H]1C[C@H]2C(=O)N(C)[C@@H](Cc3cscn3)C(=O)N(C)[C@@H](C)C(=O)N(C)C(COC(c3ccccc3)(c3ccc(OC)cc3)c3ccc(OC)cc3)C(=O)N3C[C@H](OCC)C[C@H]3C(=O)N[C@@H](Cc3c[nH]c4ccccc34)C(=O)N[C@@H](Cc3c[nH]c4ccccc34)C(=O)N3CCC[C@H]3C(=O)N(C)CC(=O)N[C@H](C(=O)N3CCCCC3)CC(=O)N(CC)CCCCC(=O)N2C1. The van der Waals surface area contributed by atoms with Crippen LogP contribution in [-0.2, 0) is 96.6 Å². The zero-order chi connectivity index (χ0) is 91.7. The summed E-state index contributed by atoms with van der Waals surface area (Å²) in [6, 6.07) is 26.3. The lowest BCUT2D eigenvalue weighted by Crippen LogP contribution is -2.61. The van der Waals surface area contributed by atoms with E-state index in [9.17, 15) is 19.2 Å². The number of piperidine rings is 1. The number of nitrogens with zero attached hydrogens (tertiary/aromatic N) is 10. The van der Waals surface area contributed by atoms with Gasteiger partial charge in [-0.2, -0.15) is 0 Å². The molecule has 696 valence electrons. The van der Waals surface area contributed by atoms with E-state index in [1.807, 2.05) is 110 Å². The summed E-state index contributed by atoms with van der Waals surface area (Å²) in [5.41, 5.74) is 4.91. The van der Waals surface area contributed by atoms with Gasteiger partial charge in [-0.25, -0.2) is 4.98 Å². The Balaban J connectivity index is 0.0000153. The van der Waals surface area contributed by atoms with Crippen LogP contribution in [-0.4, -0.2) is 311 Å². The number of hydrogen-bond acceptors (Lipinski definition) is 19. The maximum atomic E-state index is 16.9. The van der Waals surface area contributed by atoms with Crippen LogP contribution in [0.3, 0.4) is 0 Å². The molecule has 11 atom stereocenters. The quantitative estimate of drug-likeness (QED) is 0.0457. The lowest BCUT2D eigenvalue weighted by molar-refractivity contribution is -0.156. The van der Waals surface area contributed by atoms with Crippen LogP contribution in [0.1, 0.15) is 139 Å². The van der Waals surface area contributed by atoms with Crippen LogP contribution in [0.4, 0.5) is 0 Å². The van der Waals surface area contributed by atoms with E-state index in [0.717, 1.165) is 41.1 Å². The summed E-state index contributed by atoms with van der Waals surface area (Å²) in [4.78, 5) is 210. The zero-order valence-corrected chi connectivity index (χ0v) is 76.1. The predicted molar refractivity (Wildman–Crippen MR) is 491 cm³/mol. The molecule has 33 heteroatoms. The number of H-pyrrole nitrogens is 2. The van der Waals surface area contributed by atoms with Crippen molar-refractivity contribution < 1.29 is 81.2 Å². The summed E-state index contributed by atoms with van der Waals surface area (Å²) in [6.07, 6.45) is 4.71. The number of para-hydroxylation sites is 2. The number of ether oxygens (including phenoxy) is 5. The van der Waals surface area contributed by atoms with Crippen molar-refractivity contribution in [2.24, 2.45) is 0 Å². The highest BCUT2D eigenvalue weighted by atomic mass is 32.1. The topological polar surface area (TPSA) is 361 Å². The number of fused-ring (bicyclic) bond motifs is 5. The second-order valence-corrected chi connectivity index (χ2v) is 34.7. The van der Waals surface area contributed by atoms with E-state index < -0.39 is 157 Å². The van der Waals surface area contributed by atoms with E-state index in [1.54, 1.807) is 85.4 Å². The van der Waals surface area contributed by atoms with Gasteiger partial charge in [0.25, 0.3) is 0 Å². The van der Waals surface area contributed by atoms with Crippen LogP contribution in [0, 0.1) is 0 Å². The lowest BCUT2D eigenvalue weighted by atomic mass is 9.80. The molecule has 130 heavy (non-hydrogen) atoms. The molecule has 8 aromatic rings. The van der Waals surface area contributed by atoms with Crippen molar-refractivity contribution in [2.75, 3.05) is 115 Å². The molecule has 0 bridgehead atoms. The highest BCUT2D eigenvalue weighted by Gasteiger charge is 2.50. The molecule has 1 unspecified atom stereocenters. The Morgan fingerprint density at radius 3 is 1.68 bits per heavy atom. The van der Waals surface area contributed by atoms with E-state index in [0.29, 0.717) is 70.9 Å². The smallest absolute Gasteiger partial charge is 0.248 e. The molecule has 5 aliphatic heterocycles. The van der Waals surface area contributed by atoms with Crippen LogP contribution in [0.2, 0.25) is 0 Å². The lowest BCUT2D eigenvalue weighted by Gasteiger charge is -2.40. The number of carbonyl (C=O) groups is 12. The fourth-order valence-corrected chi connectivity index (χ4v) is 19.3. The second-order valence-electron chi connectivity index (χ2n) is 34.0. The van der Waals surface area contributed by atoms with Crippen molar-refractivity contribution in [3.05, 3.63) is 184 Å². The fourth-order valence-electron chi connectivity index (χ4n) is 18.8. The number of likely N-dealkylation sites (N-methyl/N-ethyl adjacent to an activating group) is 4. The van der Waals surface area contributed by atoms with Crippen molar-refractivity contribution in [3.63, 3.8) is 0 Å². The minimum atomic E-state index is -1.67.